The van der Waals surface area contributed by atoms with Crippen LogP contribution in [-0.2, 0) is 29.6 Å². The molecule has 1 aliphatic heterocycles. The largest absolute Gasteiger partial charge is 0.353 e. The third-order valence-corrected chi connectivity index (χ3v) is 5.21. The van der Waals surface area contributed by atoms with Crippen LogP contribution in [-0.4, -0.2) is 52.2 Å². The number of carbonyl (C=O) groups is 2. The molecule has 1 aromatic heterocycles. The van der Waals surface area contributed by atoms with Gasteiger partial charge >= 0.3 is 0 Å². The van der Waals surface area contributed by atoms with Crippen LogP contribution in [0.1, 0.15) is 29.8 Å². The molecule has 0 radical (unpaired) electrons. The molecule has 0 bridgehead atoms. The number of amides is 2. The lowest BCUT2D eigenvalue weighted by molar-refractivity contribution is -0.134. The molecule has 0 saturated carbocycles. The summed E-state index contributed by atoms with van der Waals surface area (Å²) in [6, 6.07) is 11.9. The van der Waals surface area contributed by atoms with Crippen LogP contribution in [0.2, 0.25) is 0 Å². The Balaban J connectivity index is 1.49. The molecule has 1 unspecified atom stereocenters. The summed E-state index contributed by atoms with van der Waals surface area (Å²) in [6.07, 6.45) is 2.10. The molecule has 3 rings (SSSR count). The SMILES string of the molecule is Cc1cc(CNC(=O)CC2C(=O)NCCN2CCCc2ccccc2)nn1C. The summed E-state index contributed by atoms with van der Waals surface area (Å²) in [7, 11) is 1.88. The number of piperazine rings is 1. The van der Waals surface area contributed by atoms with Gasteiger partial charge in [-0.2, -0.15) is 5.10 Å². The quantitative estimate of drug-likeness (QED) is 0.717. The summed E-state index contributed by atoms with van der Waals surface area (Å²) >= 11 is 0. The second-order valence-corrected chi connectivity index (χ2v) is 7.31. The highest BCUT2D eigenvalue weighted by molar-refractivity contribution is 5.88. The molecule has 28 heavy (non-hydrogen) atoms. The van der Waals surface area contributed by atoms with Gasteiger partial charge in [0.25, 0.3) is 0 Å². The second-order valence-electron chi connectivity index (χ2n) is 7.31. The normalized spacial score (nSPS) is 17.4. The van der Waals surface area contributed by atoms with E-state index in [2.05, 4.69) is 32.8 Å². The molecule has 150 valence electrons. The lowest BCUT2D eigenvalue weighted by Crippen LogP contribution is -2.56. The van der Waals surface area contributed by atoms with Gasteiger partial charge in [0, 0.05) is 25.8 Å². The third kappa shape index (κ3) is 5.42. The predicted octanol–water partition coefficient (Wildman–Crippen LogP) is 1.17. The number of nitrogens with one attached hydrogen (secondary N) is 2. The number of aryl methyl sites for hydroxylation is 3. The number of rotatable bonds is 8. The van der Waals surface area contributed by atoms with Gasteiger partial charge in [0.2, 0.25) is 11.8 Å². The first-order chi connectivity index (χ1) is 13.5. The fourth-order valence-electron chi connectivity index (χ4n) is 3.54. The Morgan fingerprint density at radius 2 is 2.11 bits per heavy atom. The fourth-order valence-corrected chi connectivity index (χ4v) is 3.54. The highest BCUT2D eigenvalue weighted by atomic mass is 16.2. The van der Waals surface area contributed by atoms with Crippen molar-refractivity contribution in [3.8, 4) is 0 Å². The zero-order chi connectivity index (χ0) is 19.9. The van der Waals surface area contributed by atoms with Crippen molar-refractivity contribution in [3.05, 3.63) is 53.3 Å². The van der Waals surface area contributed by atoms with E-state index in [1.54, 1.807) is 4.68 Å². The predicted molar refractivity (Wildman–Crippen MR) is 108 cm³/mol. The molecular weight excluding hydrogens is 354 g/mol. The van der Waals surface area contributed by atoms with Crippen molar-refractivity contribution in [1.82, 2.24) is 25.3 Å². The van der Waals surface area contributed by atoms with Crippen LogP contribution in [0.25, 0.3) is 0 Å². The first kappa shape index (κ1) is 20.1. The van der Waals surface area contributed by atoms with Gasteiger partial charge in [0.15, 0.2) is 0 Å². The van der Waals surface area contributed by atoms with E-state index in [0.717, 1.165) is 37.3 Å². The Morgan fingerprint density at radius 3 is 2.82 bits per heavy atom. The molecule has 0 aliphatic carbocycles. The summed E-state index contributed by atoms with van der Waals surface area (Å²) in [5, 5.41) is 10.1. The van der Waals surface area contributed by atoms with Gasteiger partial charge in [-0.15, -0.1) is 0 Å². The standard InChI is InChI=1S/C21H29N5O2/c1-16-13-18(24-25(16)2)15-23-20(27)14-19-21(28)22-10-12-26(19)11-6-9-17-7-4-3-5-8-17/h3-5,7-8,13,19H,6,9-12,14-15H2,1-2H3,(H,22,28)(H,23,27). The smallest absolute Gasteiger partial charge is 0.237 e. The van der Waals surface area contributed by atoms with E-state index in [-0.39, 0.29) is 18.2 Å². The maximum atomic E-state index is 12.4. The van der Waals surface area contributed by atoms with Crippen molar-refractivity contribution in [3.63, 3.8) is 0 Å². The van der Waals surface area contributed by atoms with Gasteiger partial charge in [-0.05, 0) is 37.9 Å². The first-order valence-corrected chi connectivity index (χ1v) is 9.85. The Bertz CT molecular complexity index is 783. The molecule has 1 aliphatic rings. The van der Waals surface area contributed by atoms with Gasteiger partial charge < -0.3 is 10.6 Å². The van der Waals surface area contributed by atoms with Crippen LogP contribution in [0.4, 0.5) is 0 Å². The van der Waals surface area contributed by atoms with E-state index in [4.69, 9.17) is 0 Å². The molecule has 1 aromatic carbocycles. The summed E-state index contributed by atoms with van der Waals surface area (Å²) < 4.78 is 1.78. The molecule has 2 aromatic rings. The van der Waals surface area contributed by atoms with Crippen molar-refractivity contribution < 1.29 is 9.59 Å². The summed E-state index contributed by atoms with van der Waals surface area (Å²) in [4.78, 5) is 26.9. The lowest BCUT2D eigenvalue weighted by Gasteiger charge is -2.34. The molecule has 1 saturated heterocycles. The molecule has 0 spiro atoms. The Morgan fingerprint density at radius 1 is 1.32 bits per heavy atom. The van der Waals surface area contributed by atoms with Gasteiger partial charge in [-0.3, -0.25) is 19.2 Å². The van der Waals surface area contributed by atoms with Crippen molar-refractivity contribution in [2.45, 2.75) is 38.8 Å². The minimum Gasteiger partial charge on any atom is -0.353 e. The third-order valence-electron chi connectivity index (χ3n) is 5.21. The maximum Gasteiger partial charge on any atom is 0.237 e. The Kier molecular flexibility index (Phi) is 6.81. The first-order valence-electron chi connectivity index (χ1n) is 9.85. The van der Waals surface area contributed by atoms with E-state index < -0.39 is 6.04 Å². The monoisotopic (exact) mass is 383 g/mol. The lowest BCUT2D eigenvalue weighted by atomic mass is 10.1. The zero-order valence-corrected chi connectivity index (χ0v) is 16.6. The number of aromatic nitrogens is 2. The fraction of sp³-hybridized carbons (Fsp3) is 0.476. The molecule has 2 N–H and O–H groups in total. The highest BCUT2D eigenvalue weighted by Crippen LogP contribution is 2.12. The van der Waals surface area contributed by atoms with Crippen LogP contribution < -0.4 is 10.6 Å². The molecule has 1 atom stereocenters. The average molecular weight is 383 g/mol. The molecule has 7 nitrogen and oxygen atoms in total. The summed E-state index contributed by atoms with van der Waals surface area (Å²) in [6.45, 7) is 4.56. The van der Waals surface area contributed by atoms with Gasteiger partial charge in [0.1, 0.15) is 0 Å². The van der Waals surface area contributed by atoms with E-state index in [9.17, 15) is 9.59 Å². The van der Waals surface area contributed by atoms with Crippen LogP contribution in [0.15, 0.2) is 36.4 Å². The van der Waals surface area contributed by atoms with E-state index in [0.29, 0.717) is 13.1 Å². The van der Waals surface area contributed by atoms with Crippen LogP contribution >= 0.6 is 0 Å². The number of hydrogen-bond donors (Lipinski definition) is 2. The number of hydrogen-bond acceptors (Lipinski definition) is 4. The van der Waals surface area contributed by atoms with Crippen LogP contribution in [0.5, 0.6) is 0 Å². The Hall–Kier alpha value is -2.67. The number of benzene rings is 1. The van der Waals surface area contributed by atoms with Gasteiger partial charge in [-0.25, -0.2) is 0 Å². The molecule has 1 fully saturated rings. The van der Waals surface area contributed by atoms with Crippen molar-refractivity contribution in [2.24, 2.45) is 7.05 Å². The molecular formula is C21H29N5O2. The van der Waals surface area contributed by atoms with Crippen molar-refractivity contribution >= 4 is 11.8 Å². The zero-order valence-electron chi connectivity index (χ0n) is 16.6. The van der Waals surface area contributed by atoms with Crippen molar-refractivity contribution in [1.29, 1.82) is 0 Å². The van der Waals surface area contributed by atoms with Crippen LogP contribution in [0.3, 0.4) is 0 Å². The van der Waals surface area contributed by atoms with Gasteiger partial charge in [0.05, 0.1) is 24.7 Å². The van der Waals surface area contributed by atoms with Crippen molar-refractivity contribution in [2.75, 3.05) is 19.6 Å². The second kappa shape index (κ2) is 9.50. The Labute approximate surface area is 166 Å². The topological polar surface area (TPSA) is 79.3 Å². The summed E-state index contributed by atoms with van der Waals surface area (Å²) in [5.41, 5.74) is 3.16. The minimum absolute atomic E-state index is 0.0604. The average Bonchev–Trinajstić information content (AvgIpc) is 3.01. The number of carbonyl (C=O) groups excluding carboxylic acids is 2. The minimum atomic E-state index is -0.407. The van der Waals surface area contributed by atoms with E-state index in [1.807, 2.05) is 38.2 Å². The molecule has 7 heteroatoms. The molecule has 2 heterocycles. The maximum absolute atomic E-state index is 12.4. The summed E-state index contributed by atoms with van der Waals surface area (Å²) in [5.74, 6) is -0.187. The van der Waals surface area contributed by atoms with E-state index in [1.165, 1.54) is 5.56 Å². The van der Waals surface area contributed by atoms with Gasteiger partial charge in [-0.1, -0.05) is 30.3 Å². The molecule has 2 amide bonds. The highest BCUT2D eigenvalue weighted by Gasteiger charge is 2.31. The van der Waals surface area contributed by atoms with Crippen LogP contribution in [0, 0.1) is 6.92 Å². The van der Waals surface area contributed by atoms with E-state index >= 15 is 0 Å². The number of nitrogens with zero attached hydrogens (tertiary/aromatic N) is 3.